The van der Waals surface area contributed by atoms with E-state index in [1.54, 1.807) is 6.92 Å². The van der Waals surface area contributed by atoms with Gasteiger partial charge in [0.15, 0.2) is 0 Å². The van der Waals surface area contributed by atoms with Crippen molar-refractivity contribution < 1.29 is 27.8 Å². The number of halogens is 1. The van der Waals surface area contributed by atoms with E-state index in [-0.39, 0.29) is 18.5 Å². The highest BCUT2D eigenvalue weighted by atomic mass is 32.2. The molecule has 1 unspecified atom stereocenters. The molecule has 8 heteroatoms. The van der Waals surface area contributed by atoms with Crippen molar-refractivity contribution in [3.63, 3.8) is 0 Å². The van der Waals surface area contributed by atoms with E-state index in [1.165, 1.54) is 0 Å². The topological polar surface area (TPSA) is 104 Å². The maximum atomic E-state index is 13.5. The van der Waals surface area contributed by atoms with Crippen molar-refractivity contribution in [2.45, 2.75) is 30.8 Å². The summed E-state index contributed by atoms with van der Waals surface area (Å²) in [6.45, 7) is 1.68. The molecule has 0 spiro atoms. The van der Waals surface area contributed by atoms with E-state index >= 15 is 0 Å². The zero-order valence-corrected chi connectivity index (χ0v) is 11.7. The third-order valence-corrected chi connectivity index (χ3v) is 4.18. The van der Waals surface area contributed by atoms with Gasteiger partial charge in [0.2, 0.25) is 10.0 Å². The van der Waals surface area contributed by atoms with Crippen molar-refractivity contribution in [1.29, 1.82) is 0 Å². The second-order valence-corrected chi connectivity index (χ2v) is 5.93. The highest BCUT2D eigenvalue weighted by molar-refractivity contribution is 7.89. The number of aliphatic hydroxyl groups is 1. The molecule has 0 aliphatic heterocycles. The first-order chi connectivity index (χ1) is 9.27. The monoisotopic (exact) mass is 305 g/mol. The predicted molar refractivity (Wildman–Crippen MR) is 69.5 cm³/mol. The van der Waals surface area contributed by atoms with E-state index in [0.29, 0.717) is 6.42 Å². The van der Waals surface area contributed by atoms with Crippen molar-refractivity contribution in [2.24, 2.45) is 0 Å². The summed E-state index contributed by atoms with van der Waals surface area (Å²) in [5.41, 5.74) is -0.319. The molecule has 0 fully saturated rings. The molecule has 0 aromatic heterocycles. The standard InChI is InChI=1S/C12H16FNO5S/c1-2-9(15)5-6-14-20(18,19)11-7-8(12(16)17)3-4-10(11)13/h3-4,7,9,14-15H,2,5-6H2,1H3,(H,16,17). The molecule has 1 rings (SSSR count). The number of rotatable bonds is 7. The molecule has 6 nitrogen and oxygen atoms in total. The van der Waals surface area contributed by atoms with Gasteiger partial charge in [-0.05, 0) is 31.0 Å². The third-order valence-electron chi connectivity index (χ3n) is 2.71. The number of hydrogen-bond acceptors (Lipinski definition) is 4. The van der Waals surface area contributed by atoms with Crippen LogP contribution in [-0.4, -0.2) is 37.2 Å². The van der Waals surface area contributed by atoms with E-state index in [4.69, 9.17) is 5.11 Å². The average Bonchev–Trinajstić information content (AvgIpc) is 2.38. The van der Waals surface area contributed by atoms with Gasteiger partial charge >= 0.3 is 5.97 Å². The van der Waals surface area contributed by atoms with Crippen LogP contribution in [0.15, 0.2) is 23.1 Å². The molecule has 0 amide bonds. The van der Waals surface area contributed by atoms with E-state index in [2.05, 4.69) is 4.72 Å². The number of aliphatic hydroxyl groups excluding tert-OH is 1. The van der Waals surface area contributed by atoms with Gasteiger partial charge in [-0.1, -0.05) is 6.92 Å². The van der Waals surface area contributed by atoms with Gasteiger partial charge in [-0.15, -0.1) is 0 Å². The Kier molecular flexibility index (Phi) is 5.61. The molecular formula is C12H16FNO5S. The summed E-state index contributed by atoms with van der Waals surface area (Å²) in [6.07, 6.45) is 0.0218. The third kappa shape index (κ3) is 4.26. The van der Waals surface area contributed by atoms with Gasteiger partial charge in [0.1, 0.15) is 10.7 Å². The van der Waals surface area contributed by atoms with Crippen molar-refractivity contribution >= 4 is 16.0 Å². The Morgan fingerprint density at radius 1 is 1.45 bits per heavy atom. The average molecular weight is 305 g/mol. The molecule has 0 bridgehead atoms. The van der Waals surface area contributed by atoms with Crippen LogP contribution in [0.1, 0.15) is 30.1 Å². The molecule has 0 heterocycles. The summed E-state index contributed by atoms with van der Waals surface area (Å²) >= 11 is 0. The SMILES string of the molecule is CCC(O)CCNS(=O)(=O)c1cc(C(=O)O)ccc1F. The zero-order chi connectivity index (χ0) is 15.3. The minimum atomic E-state index is -4.15. The minimum absolute atomic E-state index is 0.0614. The van der Waals surface area contributed by atoms with Gasteiger partial charge in [0.05, 0.1) is 11.7 Å². The minimum Gasteiger partial charge on any atom is -0.478 e. The molecule has 0 saturated heterocycles. The summed E-state index contributed by atoms with van der Waals surface area (Å²) in [5.74, 6) is -2.37. The van der Waals surface area contributed by atoms with E-state index < -0.39 is 32.8 Å². The van der Waals surface area contributed by atoms with Crippen LogP contribution in [0.4, 0.5) is 4.39 Å². The van der Waals surface area contributed by atoms with E-state index in [0.717, 1.165) is 18.2 Å². The normalized spacial score (nSPS) is 13.2. The molecule has 0 aliphatic rings. The van der Waals surface area contributed by atoms with Crippen molar-refractivity contribution in [3.8, 4) is 0 Å². The highest BCUT2D eigenvalue weighted by Gasteiger charge is 2.21. The van der Waals surface area contributed by atoms with Crippen molar-refractivity contribution in [1.82, 2.24) is 4.72 Å². The fourth-order valence-electron chi connectivity index (χ4n) is 1.48. The zero-order valence-electron chi connectivity index (χ0n) is 10.8. The summed E-state index contributed by atoms with van der Waals surface area (Å²) in [6, 6.07) is 2.53. The Morgan fingerprint density at radius 2 is 2.10 bits per heavy atom. The first kappa shape index (κ1) is 16.5. The number of carbonyl (C=O) groups is 1. The Morgan fingerprint density at radius 3 is 2.65 bits per heavy atom. The molecule has 1 aromatic carbocycles. The number of hydrogen-bond donors (Lipinski definition) is 3. The molecule has 3 N–H and O–H groups in total. The Labute approximate surface area is 116 Å². The van der Waals surface area contributed by atoms with Crippen LogP contribution >= 0.6 is 0 Å². The lowest BCUT2D eigenvalue weighted by Crippen LogP contribution is -2.28. The lowest BCUT2D eigenvalue weighted by molar-refractivity contribution is 0.0696. The summed E-state index contributed by atoms with van der Waals surface area (Å²) in [4.78, 5) is 10.0. The molecule has 1 atom stereocenters. The van der Waals surface area contributed by atoms with Crippen LogP contribution in [-0.2, 0) is 10.0 Å². The largest absolute Gasteiger partial charge is 0.478 e. The van der Waals surface area contributed by atoms with Crippen LogP contribution in [0.3, 0.4) is 0 Å². The summed E-state index contributed by atoms with van der Waals surface area (Å²) in [7, 11) is -4.15. The number of carboxylic acid groups (broad SMARTS) is 1. The van der Waals surface area contributed by atoms with Crippen LogP contribution in [0, 0.1) is 5.82 Å². The fraction of sp³-hybridized carbons (Fsp3) is 0.417. The van der Waals surface area contributed by atoms with Gasteiger partial charge in [-0.25, -0.2) is 22.3 Å². The molecule has 112 valence electrons. The first-order valence-corrected chi connectivity index (χ1v) is 7.46. The Bertz CT molecular complexity index is 588. The van der Waals surface area contributed by atoms with Crippen molar-refractivity contribution in [2.75, 3.05) is 6.54 Å². The molecule has 0 radical (unpaired) electrons. The van der Waals surface area contributed by atoms with Gasteiger partial charge < -0.3 is 10.2 Å². The number of aromatic carboxylic acids is 1. The van der Waals surface area contributed by atoms with Gasteiger partial charge in [-0.2, -0.15) is 0 Å². The fourth-order valence-corrected chi connectivity index (χ4v) is 2.63. The highest BCUT2D eigenvalue weighted by Crippen LogP contribution is 2.16. The first-order valence-electron chi connectivity index (χ1n) is 5.98. The summed E-state index contributed by atoms with van der Waals surface area (Å²) in [5, 5.41) is 18.1. The van der Waals surface area contributed by atoms with Crippen LogP contribution in [0.2, 0.25) is 0 Å². The number of carboxylic acids is 1. The number of benzene rings is 1. The lowest BCUT2D eigenvalue weighted by Gasteiger charge is -2.10. The molecular weight excluding hydrogens is 289 g/mol. The molecule has 0 saturated carbocycles. The van der Waals surface area contributed by atoms with Gasteiger partial charge in [0, 0.05) is 6.54 Å². The predicted octanol–water partition coefficient (Wildman–Crippen LogP) is 0.963. The van der Waals surface area contributed by atoms with Crippen molar-refractivity contribution in [3.05, 3.63) is 29.6 Å². The number of sulfonamides is 1. The van der Waals surface area contributed by atoms with Gasteiger partial charge in [0.25, 0.3) is 0 Å². The van der Waals surface area contributed by atoms with Gasteiger partial charge in [-0.3, -0.25) is 0 Å². The van der Waals surface area contributed by atoms with Crippen LogP contribution in [0.25, 0.3) is 0 Å². The van der Waals surface area contributed by atoms with E-state index in [1.807, 2.05) is 0 Å². The summed E-state index contributed by atoms with van der Waals surface area (Å²) < 4.78 is 39.4. The Balaban J connectivity index is 2.92. The smallest absolute Gasteiger partial charge is 0.335 e. The number of nitrogens with one attached hydrogen (secondary N) is 1. The molecule has 20 heavy (non-hydrogen) atoms. The lowest BCUT2D eigenvalue weighted by atomic mass is 10.2. The maximum Gasteiger partial charge on any atom is 0.335 e. The second-order valence-electron chi connectivity index (χ2n) is 4.20. The van der Waals surface area contributed by atoms with E-state index in [9.17, 15) is 22.7 Å². The maximum absolute atomic E-state index is 13.5. The quantitative estimate of drug-likeness (QED) is 0.696. The molecule has 0 aliphatic carbocycles. The molecule has 1 aromatic rings. The van der Waals surface area contributed by atoms with Crippen LogP contribution < -0.4 is 4.72 Å². The Hall–Kier alpha value is -1.51. The van der Waals surface area contributed by atoms with Crippen LogP contribution in [0.5, 0.6) is 0 Å². The second kappa shape index (κ2) is 6.78.